The number of carbonyl (C=O) groups excluding carboxylic acids is 1. The Hall–Kier alpha value is -2.76. The smallest absolute Gasteiger partial charge is 0.274 e. The number of hydrogen-bond donors (Lipinski definition) is 0. The van der Waals surface area contributed by atoms with Crippen molar-refractivity contribution in [3.8, 4) is 5.88 Å². The highest BCUT2D eigenvalue weighted by Crippen LogP contribution is 2.24. The zero-order chi connectivity index (χ0) is 21.9. The van der Waals surface area contributed by atoms with Gasteiger partial charge in [-0.1, -0.05) is 17.7 Å². The first-order valence-corrected chi connectivity index (χ1v) is 10.9. The molecule has 1 saturated heterocycles. The van der Waals surface area contributed by atoms with Gasteiger partial charge in [-0.15, -0.1) is 0 Å². The molecule has 0 unspecified atom stereocenters. The monoisotopic (exact) mass is 454 g/mol. The molecular weight excluding hydrogens is 436 g/mol. The van der Waals surface area contributed by atoms with E-state index in [4.69, 9.17) is 16.3 Å². The molecule has 1 aromatic heterocycles. The lowest BCUT2D eigenvalue weighted by molar-refractivity contribution is -0.385. The van der Waals surface area contributed by atoms with Crippen LogP contribution in [0.5, 0.6) is 5.88 Å². The number of ether oxygens (including phenoxy) is 1. The van der Waals surface area contributed by atoms with Crippen molar-refractivity contribution < 1.29 is 22.9 Å². The van der Waals surface area contributed by atoms with E-state index >= 15 is 0 Å². The SMILES string of the molecule is CCOc1ccc(Cl)c(C(=O)N2CCN(S(=O)(=O)c3cccc([N+](=O)[O-])c3)CC2)n1. The van der Waals surface area contributed by atoms with E-state index in [-0.39, 0.29) is 53.4 Å². The molecule has 10 nitrogen and oxygen atoms in total. The zero-order valence-corrected chi connectivity index (χ0v) is 17.6. The molecule has 1 amide bonds. The van der Waals surface area contributed by atoms with Crippen LogP contribution in [0, 0.1) is 10.1 Å². The molecule has 1 aliphatic heterocycles. The molecule has 0 atom stereocenters. The third kappa shape index (κ3) is 4.53. The summed E-state index contributed by atoms with van der Waals surface area (Å²) in [5, 5.41) is 11.1. The highest BCUT2D eigenvalue weighted by molar-refractivity contribution is 7.89. The summed E-state index contributed by atoms with van der Waals surface area (Å²) in [6, 6.07) is 7.97. The molecule has 2 heterocycles. The molecule has 30 heavy (non-hydrogen) atoms. The minimum Gasteiger partial charge on any atom is -0.478 e. The van der Waals surface area contributed by atoms with Crippen molar-refractivity contribution in [1.82, 2.24) is 14.2 Å². The van der Waals surface area contributed by atoms with Gasteiger partial charge in [-0.05, 0) is 19.1 Å². The summed E-state index contributed by atoms with van der Waals surface area (Å²) < 4.78 is 32.2. The quantitative estimate of drug-likeness (QED) is 0.484. The predicted octanol–water partition coefficient (Wildman–Crippen LogP) is 2.19. The lowest BCUT2D eigenvalue weighted by Gasteiger charge is -2.33. The van der Waals surface area contributed by atoms with Gasteiger partial charge < -0.3 is 9.64 Å². The second-order valence-corrected chi connectivity index (χ2v) is 8.71. The Balaban J connectivity index is 1.73. The minimum absolute atomic E-state index is 0.0395. The lowest BCUT2D eigenvalue weighted by atomic mass is 10.2. The Bertz CT molecular complexity index is 1070. The highest BCUT2D eigenvalue weighted by atomic mass is 35.5. The van der Waals surface area contributed by atoms with Crippen molar-refractivity contribution in [2.24, 2.45) is 0 Å². The number of nitro groups is 1. The lowest BCUT2D eigenvalue weighted by Crippen LogP contribution is -2.50. The standard InChI is InChI=1S/C18H19ClN4O6S/c1-2-29-16-7-6-15(19)17(20-16)18(24)21-8-10-22(11-9-21)30(27,28)14-5-3-4-13(12-14)23(25)26/h3-7,12H,2,8-11H2,1H3. The number of sulfonamides is 1. The number of aromatic nitrogens is 1. The largest absolute Gasteiger partial charge is 0.478 e. The average Bonchev–Trinajstić information content (AvgIpc) is 2.75. The second-order valence-electron chi connectivity index (χ2n) is 6.36. The van der Waals surface area contributed by atoms with Crippen LogP contribution in [0.4, 0.5) is 5.69 Å². The molecule has 2 aromatic rings. The zero-order valence-electron chi connectivity index (χ0n) is 16.0. The fourth-order valence-corrected chi connectivity index (χ4v) is 4.64. The number of non-ortho nitro benzene ring substituents is 1. The molecule has 0 aliphatic carbocycles. The summed E-state index contributed by atoms with van der Waals surface area (Å²) in [5.74, 6) is -0.147. The Morgan fingerprint density at radius 2 is 1.93 bits per heavy atom. The number of hydrogen-bond acceptors (Lipinski definition) is 7. The van der Waals surface area contributed by atoms with Crippen LogP contribution in [0.25, 0.3) is 0 Å². The van der Waals surface area contributed by atoms with E-state index < -0.39 is 20.9 Å². The van der Waals surface area contributed by atoms with Gasteiger partial charge in [-0.25, -0.2) is 13.4 Å². The van der Waals surface area contributed by atoms with Gasteiger partial charge >= 0.3 is 0 Å². The van der Waals surface area contributed by atoms with Crippen LogP contribution < -0.4 is 4.74 Å². The number of rotatable bonds is 6. The Morgan fingerprint density at radius 1 is 1.23 bits per heavy atom. The summed E-state index contributed by atoms with van der Waals surface area (Å²) in [6.45, 7) is 2.52. The van der Waals surface area contributed by atoms with E-state index in [2.05, 4.69) is 4.98 Å². The molecule has 1 aromatic carbocycles. The maximum absolute atomic E-state index is 12.8. The number of benzene rings is 1. The molecule has 1 aliphatic rings. The first-order valence-electron chi connectivity index (χ1n) is 9.07. The minimum atomic E-state index is -3.92. The van der Waals surface area contributed by atoms with Crippen molar-refractivity contribution in [1.29, 1.82) is 0 Å². The number of nitro benzene ring substituents is 1. The van der Waals surface area contributed by atoms with Crippen molar-refractivity contribution in [2.45, 2.75) is 11.8 Å². The van der Waals surface area contributed by atoms with Crippen molar-refractivity contribution in [3.63, 3.8) is 0 Å². The van der Waals surface area contributed by atoms with Gasteiger partial charge in [-0.2, -0.15) is 4.31 Å². The average molecular weight is 455 g/mol. The maximum Gasteiger partial charge on any atom is 0.274 e. The van der Waals surface area contributed by atoms with Crippen LogP contribution in [0.1, 0.15) is 17.4 Å². The highest BCUT2D eigenvalue weighted by Gasteiger charge is 2.32. The first kappa shape index (κ1) is 21.9. The van der Waals surface area contributed by atoms with Gasteiger partial charge in [0.1, 0.15) is 0 Å². The molecule has 160 valence electrons. The van der Waals surface area contributed by atoms with Crippen LogP contribution >= 0.6 is 11.6 Å². The van der Waals surface area contributed by atoms with Crippen LogP contribution in [0.3, 0.4) is 0 Å². The predicted molar refractivity (Wildman–Crippen MR) is 108 cm³/mol. The molecule has 0 bridgehead atoms. The second kappa shape index (κ2) is 8.94. The fraction of sp³-hybridized carbons (Fsp3) is 0.333. The molecule has 0 spiro atoms. The number of halogens is 1. The van der Waals surface area contributed by atoms with E-state index in [1.54, 1.807) is 13.0 Å². The molecule has 0 saturated carbocycles. The fourth-order valence-electron chi connectivity index (χ4n) is 2.99. The van der Waals surface area contributed by atoms with E-state index in [0.29, 0.717) is 6.61 Å². The normalized spacial score (nSPS) is 15.1. The third-order valence-electron chi connectivity index (χ3n) is 4.51. The van der Waals surface area contributed by atoms with Gasteiger partial charge in [0.15, 0.2) is 5.69 Å². The molecule has 0 radical (unpaired) electrons. The number of piperazine rings is 1. The van der Waals surface area contributed by atoms with E-state index in [9.17, 15) is 23.3 Å². The van der Waals surface area contributed by atoms with E-state index in [1.807, 2.05) is 0 Å². The van der Waals surface area contributed by atoms with Crippen LogP contribution in [0.15, 0.2) is 41.3 Å². The van der Waals surface area contributed by atoms with Crippen LogP contribution in [-0.4, -0.2) is 66.2 Å². The molecule has 12 heteroatoms. The van der Waals surface area contributed by atoms with Crippen LogP contribution in [0.2, 0.25) is 5.02 Å². The van der Waals surface area contributed by atoms with Crippen molar-refractivity contribution in [2.75, 3.05) is 32.8 Å². The summed E-state index contributed by atoms with van der Waals surface area (Å²) >= 11 is 6.11. The van der Waals surface area contributed by atoms with Crippen LogP contribution in [-0.2, 0) is 10.0 Å². The van der Waals surface area contributed by atoms with Crippen molar-refractivity contribution >= 4 is 33.2 Å². The molecule has 0 N–H and O–H groups in total. The summed E-state index contributed by atoms with van der Waals surface area (Å²) in [6.07, 6.45) is 0. The van der Waals surface area contributed by atoms with Crippen molar-refractivity contribution in [3.05, 3.63) is 57.2 Å². The van der Waals surface area contributed by atoms with Gasteiger partial charge in [0.25, 0.3) is 11.6 Å². The topological polar surface area (TPSA) is 123 Å². The van der Waals surface area contributed by atoms with Gasteiger partial charge in [0, 0.05) is 44.4 Å². The van der Waals surface area contributed by atoms with E-state index in [1.165, 1.54) is 33.5 Å². The van der Waals surface area contributed by atoms with Gasteiger partial charge in [0.05, 0.1) is 21.4 Å². The Kier molecular flexibility index (Phi) is 6.54. The number of pyridine rings is 1. The number of carbonyl (C=O) groups is 1. The van der Waals surface area contributed by atoms with Gasteiger partial charge in [-0.3, -0.25) is 14.9 Å². The maximum atomic E-state index is 12.8. The summed E-state index contributed by atoms with van der Waals surface area (Å²) in [5.41, 5.74) is -0.266. The Labute approximate surface area is 178 Å². The van der Waals surface area contributed by atoms with E-state index in [0.717, 1.165) is 6.07 Å². The molecule has 3 rings (SSSR count). The number of nitrogens with zero attached hydrogens (tertiary/aromatic N) is 4. The Morgan fingerprint density at radius 3 is 2.57 bits per heavy atom. The van der Waals surface area contributed by atoms with Gasteiger partial charge in [0.2, 0.25) is 15.9 Å². The molecular formula is C18H19ClN4O6S. The first-order chi connectivity index (χ1) is 14.2. The molecule has 1 fully saturated rings. The summed E-state index contributed by atoms with van der Waals surface area (Å²) in [4.78, 5) is 28.5. The summed E-state index contributed by atoms with van der Waals surface area (Å²) in [7, 11) is -3.92. The third-order valence-corrected chi connectivity index (χ3v) is 6.71. The number of amides is 1.